The molecule has 0 N–H and O–H groups in total. The second kappa shape index (κ2) is 6.76. The predicted molar refractivity (Wildman–Crippen MR) is 102 cm³/mol. The molecule has 5 heteroatoms. The van der Waals surface area contributed by atoms with Gasteiger partial charge in [-0.25, -0.2) is 4.98 Å². The van der Waals surface area contributed by atoms with Crippen LogP contribution in [0.2, 0.25) is 0 Å². The molecule has 0 aliphatic rings. The average Bonchev–Trinajstić information content (AvgIpc) is 2.91. The van der Waals surface area contributed by atoms with Crippen LogP contribution in [0.5, 0.6) is 0 Å². The van der Waals surface area contributed by atoms with Gasteiger partial charge in [0.1, 0.15) is 0 Å². The van der Waals surface area contributed by atoms with E-state index in [2.05, 4.69) is 38.1 Å². The highest BCUT2D eigenvalue weighted by molar-refractivity contribution is 7.12. The van der Waals surface area contributed by atoms with Crippen LogP contribution in [-0.2, 0) is 6.42 Å². The number of benzene rings is 2. The van der Waals surface area contributed by atoms with Gasteiger partial charge in [-0.2, -0.15) is 0 Å². The number of rotatable bonds is 4. The van der Waals surface area contributed by atoms with Crippen molar-refractivity contribution in [3.8, 4) is 11.3 Å². The first-order valence-corrected chi connectivity index (χ1v) is 8.94. The van der Waals surface area contributed by atoms with Crippen LogP contribution in [0.4, 0.5) is 5.69 Å². The molecule has 0 unspecified atom stereocenters. The smallest absolute Gasteiger partial charge is 0.258 e. The standard InChI is InChI=1S/C20H20N2O2S/c1-12-5-7-16(8-6-12)20-15(4)25-19(21-20)11-17-9-14(3)18(22(23)24)10-13(17)2/h5-10H,11H2,1-4H3. The number of nitro benzene ring substituents is 1. The summed E-state index contributed by atoms with van der Waals surface area (Å²) in [5, 5.41) is 12.1. The van der Waals surface area contributed by atoms with Crippen LogP contribution in [0.15, 0.2) is 36.4 Å². The van der Waals surface area contributed by atoms with Crippen molar-refractivity contribution in [1.82, 2.24) is 4.98 Å². The molecule has 0 aliphatic carbocycles. The van der Waals surface area contributed by atoms with Gasteiger partial charge in [-0.05, 0) is 44.9 Å². The summed E-state index contributed by atoms with van der Waals surface area (Å²) in [6.07, 6.45) is 0.696. The van der Waals surface area contributed by atoms with Gasteiger partial charge in [0.2, 0.25) is 0 Å². The molecule has 0 saturated heterocycles. The van der Waals surface area contributed by atoms with E-state index in [9.17, 15) is 10.1 Å². The van der Waals surface area contributed by atoms with Crippen LogP contribution in [0, 0.1) is 37.8 Å². The van der Waals surface area contributed by atoms with Gasteiger partial charge < -0.3 is 0 Å². The summed E-state index contributed by atoms with van der Waals surface area (Å²) >= 11 is 1.69. The number of nitrogens with zero attached hydrogens (tertiary/aromatic N) is 2. The van der Waals surface area contributed by atoms with Crippen LogP contribution < -0.4 is 0 Å². The van der Waals surface area contributed by atoms with E-state index < -0.39 is 0 Å². The summed E-state index contributed by atoms with van der Waals surface area (Å²) in [6, 6.07) is 12.0. The van der Waals surface area contributed by atoms with Crippen molar-refractivity contribution in [3.05, 3.63) is 78.7 Å². The molecule has 0 spiro atoms. The fraction of sp³-hybridized carbons (Fsp3) is 0.250. The zero-order chi connectivity index (χ0) is 18.1. The number of hydrogen-bond donors (Lipinski definition) is 0. The highest BCUT2D eigenvalue weighted by Crippen LogP contribution is 2.30. The number of aryl methyl sites for hydroxylation is 4. The van der Waals surface area contributed by atoms with Crippen LogP contribution in [-0.4, -0.2) is 9.91 Å². The first-order valence-electron chi connectivity index (χ1n) is 8.13. The summed E-state index contributed by atoms with van der Waals surface area (Å²) < 4.78 is 0. The van der Waals surface area contributed by atoms with Crippen LogP contribution in [0.1, 0.15) is 32.1 Å². The lowest BCUT2D eigenvalue weighted by atomic mass is 10.0. The lowest BCUT2D eigenvalue weighted by Crippen LogP contribution is -1.97. The van der Waals surface area contributed by atoms with E-state index >= 15 is 0 Å². The van der Waals surface area contributed by atoms with E-state index in [1.807, 2.05) is 13.0 Å². The number of thiazole rings is 1. The Morgan fingerprint density at radius 1 is 1.04 bits per heavy atom. The number of nitro groups is 1. The van der Waals surface area contributed by atoms with E-state index in [1.54, 1.807) is 24.3 Å². The lowest BCUT2D eigenvalue weighted by molar-refractivity contribution is -0.385. The molecule has 0 atom stereocenters. The van der Waals surface area contributed by atoms with Crippen LogP contribution >= 0.6 is 11.3 Å². The Morgan fingerprint density at radius 3 is 2.36 bits per heavy atom. The van der Waals surface area contributed by atoms with E-state index in [4.69, 9.17) is 4.98 Å². The molecule has 0 bridgehead atoms. The molecule has 0 amide bonds. The van der Waals surface area contributed by atoms with Crippen LogP contribution in [0.25, 0.3) is 11.3 Å². The third-order valence-corrected chi connectivity index (χ3v) is 5.33. The second-order valence-corrected chi connectivity index (χ2v) is 7.67. The molecule has 128 valence electrons. The third-order valence-electron chi connectivity index (χ3n) is 4.36. The van der Waals surface area contributed by atoms with Gasteiger partial charge in [-0.15, -0.1) is 11.3 Å². The summed E-state index contributed by atoms with van der Waals surface area (Å²) in [7, 11) is 0. The third kappa shape index (κ3) is 3.61. The molecule has 25 heavy (non-hydrogen) atoms. The highest BCUT2D eigenvalue weighted by Gasteiger charge is 2.16. The van der Waals surface area contributed by atoms with Gasteiger partial charge in [-0.1, -0.05) is 29.8 Å². The van der Waals surface area contributed by atoms with Crippen molar-refractivity contribution in [2.24, 2.45) is 0 Å². The van der Waals surface area contributed by atoms with Gasteiger partial charge >= 0.3 is 0 Å². The first-order chi connectivity index (χ1) is 11.8. The molecule has 3 aromatic rings. The Balaban J connectivity index is 1.92. The van der Waals surface area contributed by atoms with Crippen molar-refractivity contribution in [3.63, 3.8) is 0 Å². The normalized spacial score (nSPS) is 10.9. The molecule has 1 aromatic heterocycles. The summed E-state index contributed by atoms with van der Waals surface area (Å²) in [5.74, 6) is 0. The Hall–Kier alpha value is -2.53. The molecule has 3 rings (SSSR count). The van der Waals surface area contributed by atoms with Crippen molar-refractivity contribution < 1.29 is 4.92 Å². The van der Waals surface area contributed by atoms with Gasteiger partial charge in [0.05, 0.1) is 15.6 Å². The minimum absolute atomic E-state index is 0.178. The summed E-state index contributed by atoms with van der Waals surface area (Å²) in [6.45, 7) is 7.86. The molecule has 0 radical (unpaired) electrons. The van der Waals surface area contributed by atoms with Gasteiger partial charge in [-0.3, -0.25) is 10.1 Å². The van der Waals surface area contributed by atoms with E-state index in [1.165, 1.54) is 10.4 Å². The topological polar surface area (TPSA) is 56.0 Å². The zero-order valence-electron chi connectivity index (χ0n) is 14.8. The van der Waals surface area contributed by atoms with Gasteiger partial charge in [0.25, 0.3) is 5.69 Å². The number of aromatic nitrogens is 1. The molecule has 1 heterocycles. The Morgan fingerprint density at radius 2 is 1.72 bits per heavy atom. The molecule has 0 aliphatic heterocycles. The zero-order valence-corrected chi connectivity index (χ0v) is 15.6. The van der Waals surface area contributed by atoms with Gasteiger partial charge in [0, 0.05) is 28.5 Å². The minimum Gasteiger partial charge on any atom is -0.258 e. The van der Waals surface area contributed by atoms with Crippen LogP contribution in [0.3, 0.4) is 0 Å². The van der Waals surface area contributed by atoms with E-state index in [0.29, 0.717) is 12.0 Å². The molecule has 4 nitrogen and oxygen atoms in total. The fourth-order valence-electron chi connectivity index (χ4n) is 2.92. The molecular formula is C20H20N2O2S. The lowest BCUT2D eigenvalue weighted by Gasteiger charge is -2.06. The maximum atomic E-state index is 11.1. The number of hydrogen-bond acceptors (Lipinski definition) is 4. The summed E-state index contributed by atoms with van der Waals surface area (Å²) in [4.78, 5) is 16.8. The van der Waals surface area contributed by atoms with Gasteiger partial charge in [0.15, 0.2) is 0 Å². The predicted octanol–water partition coefficient (Wildman–Crippen LogP) is 5.54. The minimum atomic E-state index is -0.324. The molecule has 0 fully saturated rings. The maximum Gasteiger partial charge on any atom is 0.272 e. The van der Waals surface area contributed by atoms with E-state index in [-0.39, 0.29) is 10.6 Å². The Bertz CT molecular complexity index is 943. The first kappa shape index (κ1) is 17.3. The average molecular weight is 352 g/mol. The Kier molecular flexibility index (Phi) is 4.68. The van der Waals surface area contributed by atoms with E-state index in [0.717, 1.165) is 27.4 Å². The summed E-state index contributed by atoms with van der Waals surface area (Å²) in [5.41, 5.74) is 6.27. The monoisotopic (exact) mass is 352 g/mol. The second-order valence-electron chi connectivity index (χ2n) is 6.38. The van der Waals surface area contributed by atoms with Crippen molar-refractivity contribution in [2.75, 3.05) is 0 Å². The fourth-order valence-corrected chi connectivity index (χ4v) is 3.90. The SMILES string of the molecule is Cc1ccc(-c2nc(Cc3cc(C)c([N+](=O)[O-])cc3C)sc2C)cc1. The van der Waals surface area contributed by atoms with Crippen molar-refractivity contribution in [1.29, 1.82) is 0 Å². The van der Waals surface area contributed by atoms with Crippen molar-refractivity contribution >= 4 is 17.0 Å². The molecule has 0 saturated carbocycles. The quantitative estimate of drug-likeness (QED) is 0.457. The molecular weight excluding hydrogens is 332 g/mol. The maximum absolute atomic E-state index is 11.1. The molecule has 2 aromatic carbocycles. The highest BCUT2D eigenvalue weighted by atomic mass is 32.1. The Labute approximate surface area is 151 Å². The largest absolute Gasteiger partial charge is 0.272 e. The van der Waals surface area contributed by atoms with Crippen molar-refractivity contribution in [2.45, 2.75) is 34.1 Å².